The van der Waals surface area contributed by atoms with Gasteiger partial charge in [-0.1, -0.05) is 27.7 Å². The molecular weight excluding hydrogens is 280 g/mol. The van der Waals surface area contributed by atoms with Gasteiger partial charge in [0, 0.05) is 12.5 Å². The molecule has 0 heterocycles. The number of hydrogen-bond acceptors (Lipinski definition) is 3. The van der Waals surface area contributed by atoms with Gasteiger partial charge in [-0.2, -0.15) is 0 Å². The second kappa shape index (κ2) is 7.77. The summed E-state index contributed by atoms with van der Waals surface area (Å²) in [4.78, 5) is 11.7. The van der Waals surface area contributed by atoms with E-state index in [-0.39, 0.29) is 22.7 Å². The van der Waals surface area contributed by atoms with E-state index in [9.17, 15) is 4.79 Å². The minimum absolute atomic E-state index is 0.107. The molecule has 4 heteroatoms. The number of rotatable bonds is 7. The van der Waals surface area contributed by atoms with Gasteiger partial charge in [0.05, 0.1) is 0 Å². The van der Waals surface area contributed by atoms with Crippen molar-refractivity contribution in [2.75, 3.05) is 0 Å². The molecule has 0 fully saturated rings. The lowest BCUT2D eigenvalue weighted by Gasteiger charge is -2.39. The van der Waals surface area contributed by atoms with Gasteiger partial charge in [0.1, 0.15) is 5.60 Å². The summed E-state index contributed by atoms with van der Waals surface area (Å²) < 4.78 is 11.8. The van der Waals surface area contributed by atoms with Gasteiger partial charge < -0.3 is 9.16 Å². The van der Waals surface area contributed by atoms with Crippen molar-refractivity contribution in [1.29, 1.82) is 0 Å². The van der Waals surface area contributed by atoms with Crippen molar-refractivity contribution in [2.24, 2.45) is 0 Å². The summed E-state index contributed by atoms with van der Waals surface area (Å²) in [6.45, 7) is 19.2. The highest BCUT2D eigenvalue weighted by molar-refractivity contribution is 6.74. The maximum atomic E-state index is 11.7. The third-order valence-electron chi connectivity index (χ3n) is 4.05. The maximum Gasteiger partial charge on any atom is 0.306 e. The third kappa shape index (κ3) is 8.62. The average molecular weight is 317 g/mol. The van der Waals surface area contributed by atoms with Crippen molar-refractivity contribution in [3.05, 3.63) is 0 Å². The van der Waals surface area contributed by atoms with Gasteiger partial charge in [-0.25, -0.2) is 0 Å². The Morgan fingerprint density at radius 1 is 1.10 bits per heavy atom. The van der Waals surface area contributed by atoms with E-state index >= 15 is 0 Å². The molecule has 126 valence electrons. The Labute approximate surface area is 132 Å². The molecule has 0 N–H and O–H groups in total. The number of hydrogen-bond donors (Lipinski definition) is 0. The van der Waals surface area contributed by atoms with Crippen LogP contribution < -0.4 is 0 Å². The Bertz CT molecular complexity index is 324. The van der Waals surface area contributed by atoms with Crippen LogP contribution in [0.2, 0.25) is 18.1 Å². The van der Waals surface area contributed by atoms with Crippen molar-refractivity contribution >= 4 is 14.3 Å². The molecule has 0 aromatic carbocycles. The van der Waals surface area contributed by atoms with Gasteiger partial charge in [0.15, 0.2) is 8.32 Å². The first-order chi connectivity index (χ1) is 9.28. The predicted molar refractivity (Wildman–Crippen MR) is 92.1 cm³/mol. The summed E-state index contributed by atoms with van der Waals surface area (Å²) >= 11 is 0. The van der Waals surface area contributed by atoms with Crippen LogP contribution in [0, 0.1) is 0 Å². The molecule has 1 unspecified atom stereocenters. The number of carbonyl (C=O) groups excluding carboxylic acids is 1. The first-order valence-corrected chi connectivity index (χ1v) is 11.1. The van der Waals surface area contributed by atoms with Crippen LogP contribution >= 0.6 is 0 Å². The van der Waals surface area contributed by atoms with E-state index in [2.05, 4.69) is 40.8 Å². The fraction of sp³-hybridized carbons (Fsp3) is 0.941. The quantitative estimate of drug-likeness (QED) is 0.472. The summed E-state index contributed by atoms with van der Waals surface area (Å²) in [6, 6.07) is 0. The normalized spacial score (nSPS) is 14.9. The molecule has 0 spiro atoms. The minimum Gasteiger partial charge on any atom is -0.460 e. The Morgan fingerprint density at radius 3 is 2.00 bits per heavy atom. The topological polar surface area (TPSA) is 35.5 Å². The van der Waals surface area contributed by atoms with E-state index in [0.717, 1.165) is 19.3 Å². The Balaban J connectivity index is 4.27. The van der Waals surface area contributed by atoms with E-state index in [0.29, 0.717) is 6.42 Å². The Hall–Kier alpha value is -0.353. The SMILES string of the molecule is CCC(CCCC(=O)OC(C)(C)C)O[Si](C)(C)C(C)(C)C. The standard InChI is InChI=1S/C17H36O3Si/c1-10-14(20-21(8,9)17(5,6)7)12-11-13-15(18)19-16(2,3)4/h14H,10-13H2,1-9H3. The fourth-order valence-corrected chi connectivity index (χ4v) is 3.28. The molecule has 0 aromatic rings. The fourth-order valence-electron chi connectivity index (χ4n) is 1.81. The highest BCUT2D eigenvalue weighted by Gasteiger charge is 2.38. The van der Waals surface area contributed by atoms with E-state index in [1.165, 1.54) is 0 Å². The van der Waals surface area contributed by atoms with E-state index in [4.69, 9.17) is 9.16 Å². The zero-order chi connectivity index (χ0) is 16.9. The zero-order valence-electron chi connectivity index (χ0n) is 15.6. The second-order valence-corrected chi connectivity index (χ2v) is 13.1. The van der Waals surface area contributed by atoms with Crippen LogP contribution in [0.25, 0.3) is 0 Å². The summed E-state index contributed by atoms with van der Waals surface area (Å²) in [7, 11) is -1.72. The van der Waals surface area contributed by atoms with Crippen molar-refractivity contribution in [3.8, 4) is 0 Å². The molecule has 0 radical (unpaired) electrons. The first-order valence-electron chi connectivity index (χ1n) is 8.18. The molecule has 0 bridgehead atoms. The predicted octanol–water partition coefficient (Wildman–Crippen LogP) is 5.30. The van der Waals surface area contributed by atoms with Crippen molar-refractivity contribution in [1.82, 2.24) is 0 Å². The third-order valence-corrected chi connectivity index (χ3v) is 8.58. The number of esters is 1. The molecule has 0 aliphatic carbocycles. The van der Waals surface area contributed by atoms with Crippen LogP contribution in [0.4, 0.5) is 0 Å². The van der Waals surface area contributed by atoms with E-state index < -0.39 is 8.32 Å². The molecule has 21 heavy (non-hydrogen) atoms. The highest BCUT2D eigenvalue weighted by Crippen LogP contribution is 2.38. The minimum atomic E-state index is -1.72. The summed E-state index contributed by atoms with van der Waals surface area (Å²) in [6.07, 6.45) is 3.51. The smallest absolute Gasteiger partial charge is 0.306 e. The number of ether oxygens (including phenoxy) is 1. The van der Waals surface area contributed by atoms with E-state index in [1.807, 2.05) is 20.8 Å². The maximum absolute atomic E-state index is 11.7. The van der Waals surface area contributed by atoms with Gasteiger partial charge in [-0.15, -0.1) is 0 Å². The lowest BCUT2D eigenvalue weighted by atomic mass is 10.1. The largest absolute Gasteiger partial charge is 0.460 e. The monoisotopic (exact) mass is 316 g/mol. The van der Waals surface area contributed by atoms with Crippen molar-refractivity contribution in [3.63, 3.8) is 0 Å². The average Bonchev–Trinajstić information content (AvgIpc) is 2.23. The molecule has 0 aliphatic heterocycles. The first kappa shape index (κ1) is 20.6. The van der Waals surface area contributed by atoms with Crippen LogP contribution in [-0.4, -0.2) is 26.0 Å². The lowest BCUT2D eigenvalue weighted by molar-refractivity contribution is -0.155. The van der Waals surface area contributed by atoms with Crippen LogP contribution in [0.15, 0.2) is 0 Å². The van der Waals surface area contributed by atoms with Gasteiger partial charge in [-0.05, 0) is 58.2 Å². The lowest BCUT2D eigenvalue weighted by Crippen LogP contribution is -2.43. The van der Waals surface area contributed by atoms with Crippen LogP contribution in [0.1, 0.15) is 74.1 Å². The number of carbonyl (C=O) groups is 1. The zero-order valence-corrected chi connectivity index (χ0v) is 16.6. The molecular formula is C17H36O3Si. The Morgan fingerprint density at radius 2 is 1.62 bits per heavy atom. The van der Waals surface area contributed by atoms with Gasteiger partial charge in [0.2, 0.25) is 0 Å². The Kier molecular flexibility index (Phi) is 7.64. The van der Waals surface area contributed by atoms with Gasteiger partial charge in [-0.3, -0.25) is 4.79 Å². The van der Waals surface area contributed by atoms with Crippen LogP contribution in [-0.2, 0) is 14.0 Å². The second-order valence-electron chi connectivity index (χ2n) is 8.39. The molecule has 0 rings (SSSR count). The molecule has 1 atom stereocenters. The molecule has 0 aromatic heterocycles. The molecule has 0 aliphatic rings. The van der Waals surface area contributed by atoms with Crippen molar-refractivity contribution in [2.45, 2.75) is 104 Å². The summed E-state index contributed by atoms with van der Waals surface area (Å²) in [5.41, 5.74) is -0.390. The van der Waals surface area contributed by atoms with Crippen molar-refractivity contribution < 1.29 is 14.0 Å². The molecule has 0 amide bonds. The van der Waals surface area contributed by atoms with Crippen LogP contribution in [0.3, 0.4) is 0 Å². The van der Waals surface area contributed by atoms with Crippen LogP contribution in [0.5, 0.6) is 0 Å². The summed E-state index contributed by atoms with van der Waals surface area (Å²) in [5, 5.41) is 0.228. The van der Waals surface area contributed by atoms with Gasteiger partial charge >= 0.3 is 5.97 Å². The molecule has 0 saturated carbocycles. The highest BCUT2D eigenvalue weighted by atomic mass is 28.4. The molecule has 0 saturated heterocycles. The molecule has 3 nitrogen and oxygen atoms in total. The summed E-state index contributed by atoms with van der Waals surface area (Å²) in [5.74, 6) is -0.107. The van der Waals surface area contributed by atoms with Gasteiger partial charge in [0.25, 0.3) is 0 Å². The van der Waals surface area contributed by atoms with E-state index in [1.54, 1.807) is 0 Å².